The number of aromatic hydroxyl groups is 1. The maximum atomic E-state index is 12.0. The number of halogens is 3. The van der Waals surface area contributed by atoms with E-state index in [2.05, 4.69) is 54.7 Å². The molecule has 1 aromatic rings. The lowest BCUT2D eigenvalue weighted by Crippen LogP contribution is -2.08. The van der Waals surface area contributed by atoms with Crippen molar-refractivity contribution in [2.24, 2.45) is 0 Å². The predicted molar refractivity (Wildman–Crippen MR) is 90.4 cm³/mol. The third-order valence-electron chi connectivity index (χ3n) is 3.07. The van der Waals surface area contributed by atoms with Gasteiger partial charge < -0.3 is 9.84 Å². The molecule has 0 aliphatic heterocycles. The van der Waals surface area contributed by atoms with Crippen molar-refractivity contribution in [1.29, 1.82) is 0 Å². The fraction of sp³-hybridized carbons (Fsp3) is 0.500. The standard InChI is InChI=1S/C14H17Br3O3/c1-3-4-5-6-7-8-9(14(19)20-2)10(15)11(16)12(17)13(8)18/h18H,3-7H2,1-2H3. The Labute approximate surface area is 144 Å². The van der Waals surface area contributed by atoms with Crippen LogP contribution in [0.2, 0.25) is 0 Å². The number of rotatable bonds is 6. The van der Waals surface area contributed by atoms with Crippen LogP contribution in [0.25, 0.3) is 0 Å². The first kappa shape index (κ1) is 18.0. The van der Waals surface area contributed by atoms with Crippen LogP contribution in [0.4, 0.5) is 0 Å². The van der Waals surface area contributed by atoms with Crippen LogP contribution in [0, 0.1) is 0 Å². The quantitative estimate of drug-likeness (QED) is 0.333. The number of hydrogen-bond donors (Lipinski definition) is 1. The van der Waals surface area contributed by atoms with Gasteiger partial charge in [-0.1, -0.05) is 26.2 Å². The number of carbonyl (C=O) groups is 1. The smallest absolute Gasteiger partial charge is 0.339 e. The second kappa shape index (κ2) is 8.39. The summed E-state index contributed by atoms with van der Waals surface area (Å²) >= 11 is 10.1. The maximum absolute atomic E-state index is 12.0. The Balaban J connectivity index is 3.21. The molecule has 0 saturated carbocycles. The van der Waals surface area contributed by atoms with E-state index in [0.29, 0.717) is 31.0 Å². The minimum absolute atomic E-state index is 0.0944. The zero-order chi connectivity index (χ0) is 15.3. The van der Waals surface area contributed by atoms with Crippen molar-refractivity contribution in [3.8, 4) is 5.75 Å². The fourth-order valence-electron chi connectivity index (χ4n) is 1.98. The molecule has 0 unspecified atom stereocenters. The van der Waals surface area contributed by atoms with Crippen LogP contribution in [-0.2, 0) is 11.2 Å². The SMILES string of the molecule is CCCCCCc1c(O)c(Br)c(Br)c(Br)c1C(=O)OC. The normalized spacial score (nSPS) is 10.7. The van der Waals surface area contributed by atoms with E-state index in [4.69, 9.17) is 4.74 Å². The highest BCUT2D eigenvalue weighted by atomic mass is 79.9. The van der Waals surface area contributed by atoms with Crippen molar-refractivity contribution < 1.29 is 14.6 Å². The summed E-state index contributed by atoms with van der Waals surface area (Å²) in [5.74, 6) is -0.358. The minimum atomic E-state index is -0.453. The molecule has 1 N–H and O–H groups in total. The molecule has 1 aromatic carbocycles. The molecular formula is C14H17Br3O3. The summed E-state index contributed by atoms with van der Waals surface area (Å²) in [7, 11) is 1.34. The lowest BCUT2D eigenvalue weighted by Gasteiger charge is -2.15. The third kappa shape index (κ3) is 3.98. The van der Waals surface area contributed by atoms with E-state index in [0.717, 1.165) is 25.7 Å². The molecule has 0 spiro atoms. The van der Waals surface area contributed by atoms with Gasteiger partial charge in [-0.05, 0) is 60.6 Å². The lowest BCUT2D eigenvalue weighted by molar-refractivity contribution is 0.0597. The lowest BCUT2D eigenvalue weighted by atomic mass is 9.99. The van der Waals surface area contributed by atoms with E-state index < -0.39 is 5.97 Å². The number of benzene rings is 1. The molecule has 0 aliphatic rings. The van der Waals surface area contributed by atoms with Crippen molar-refractivity contribution >= 4 is 53.8 Å². The average molecular weight is 473 g/mol. The average Bonchev–Trinajstić information content (AvgIpc) is 2.45. The van der Waals surface area contributed by atoms with E-state index in [1.54, 1.807) is 0 Å². The number of unbranched alkanes of at least 4 members (excludes halogenated alkanes) is 3. The van der Waals surface area contributed by atoms with Crippen LogP contribution in [0.5, 0.6) is 5.75 Å². The number of esters is 1. The van der Waals surface area contributed by atoms with Gasteiger partial charge in [-0.15, -0.1) is 0 Å². The van der Waals surface area contributed by atoms with Crippen molar-refractivity contribution in [3.05, 3.63) is 24.5 Å². The highest BCUT2D eigenvalue weighted by molar-refractivity contribution is 9.14. The van der Waals surface area contributed by atoms with E-state index >= 15 is 0 Å². The number of phenolic OH excluding ortho intramolecular Hbond substituents is 1. The first-order chi connectivity index (χ1) is 9.45. The van der Waals surface area contributed by atoms with Gasteiger partial charge in [-0.3, -0.25) is 0 Å². The number of carbonyl (C=O) groups excluding carboxylic acids is 1. The van der Waals surface area contributed by atoms with E-state index in [1.165, 1.54) is 7.11 Å². The monoisotopic (exact) mass is 470 g/mol. The number of ether oxygens (including phenoxy) is 1. The van der Waals surface area contributed by atoms with Gasteiger partial charge in [0.05, 0.1) is 21.6 Å². The van der Waals surface area contributed by atoms with Gasteiger partial charge in [0.15, 0.2) is 0 Å². The molecule has 1 rings (SSSR count). The van der Waals surface area contributed by atoms with Crippen LogP contribution in [0.1, 0.15) is 48.5 Å². The Morgan fingerprint density at radius 2 is 1.75 bits per heavy atom. The molecule has 0 aromatic heterocycles. The van der Waals surface area contributed by atoms with Crippen LogP contribution in [0.3, 0.4) is 0 Å². The summed E-state index contributed by atoms with van der Waals surface area (Å²) in [6.45, 7) is 2.14. The Morgan fingerprint density at radius 3 is 2.30 bits per heavy atom. The molecule has 3 nitrogen and oxygen atoms in total. The topological polar surface area (TPSA) is 46.5 Å². The molecule has 0 aliphatic carbocycles. The summed E-state index contributed by atoms with van der Waals surface area (Å²) < 4.78 is 6.56. The molecule has 0 fully saturated rings. The first-order valence-corrected chi connectivity index (χ1v) is 8.80. The molecule has 0 bridgehead atoms. The van der Waals surface area contributed by atoms with Gasteiger partial charge in [0.25, 0.3) is 0 Å². The first-order valence-electron chi connectivity index (χ1n) is 6.42. The second-order valence-electron chi connectivity index (χ2n) is 4.45. The van der Waals surface area contributed by atoms with Crippen molar-refractivity contribution in [2.75, 3.05) is 7.11 Å². The van der Waals surface area contributed by atoms with Gasteiger partial charge in [-0.2, -0.15) is 0 Å². The fourth-order valence-corrected chi connectivity index (χ4v) is 3.67. The van der Waals surface area contributed by atoms with Crippen LogP contribution in [0.15, 0.2) is 13.4 Å². The predicted octanol–water partition coefficient (Wildman–Crippen LogP) is 5.59. The minimum Gasteiger partial charge on any atom is -0.506 e. The number of hydrogen-bond acceptors (Lipinski definition) is 3. The molecule has 6 heteroatoms. The summed E-state index contributed by atoms with van der Waals surface area (Å²) in [6.07, 6.45) is 4.92. The third-order valence-corrected chi connectivity index (χ3v) is 6.49. The molecule has 0 heterocycles. The second-order valence-corrected chi connectivity index (χ2v) is 6.83. The molecule has 0 atom stereocenters. The van der Waals surface area contributed by atoms with Gasteiger partial charge in [0.1, 0.15) is 5.75 Å². The highest BCUT2D eigenvalue weighted by Gasteiger charge is 2.24. The molecule has 20 heavy (non-hydrogen) atoms. The Kier molecular flexibility index (Phi) is 7.54. The van der Waals surface area contributed by atoms with Crippen LogP contribution >= 0.6 is 47.8 Å². The molecule has 0 radical (unpaired) electrons. The number of methoxy groups -OCH3 is 1. The van der Waals surface area contributed by atoms with Crippen LogP contribution < -0.4 is 0 Å². The van der Waals surface area contributed by atoms with Crippen molar-refractivity contribution in [3.63, 3.8) is 0 Å². The Hall–Kier alpha value is -0.0700. The van der Waals surface area contributed by atoms with Gasteiger partial charge in [0, 0.05) is 10.0 Å². The molecule has 0 amide bonds. The van der Waals surface area contributed by atoms with Crippen LogP contribution in [-0.4, -0.2) is 18.2 Å². The summed E-state index contributed by atoms with van der Waals surface area (Å²) in [4.78, 5) is 12.0. The molecular weight excluding hydrogens is 456 g/mol. The maximum Gasteiger partial charge on any atom is 0.339 e. The summed E-state index contributed by atoms with van der Waals surface area (Å²) in [5, 5.41) is 10.3. The molecule has 0 saturated heterocycles. The van der Waals surface area contributed by atoms with E-state index in [9.17, 15) is 9.90 Å². The van der Waals surface area contributed by atoms with E-state index in [-0.39, 0.29) is 5.75 Å². The van der Waals surface area contributed by atoms with Crippen molar-refractivity contribution in [2.45, 2.75) is 39.0 Å². The van der Waals surface area contributed by atoms with E-state index in [1.807, 2.05) is 0 Å². The van der Waals surface area contributed by atoms with Gasteiger partial charge in [-0.25, -0.2) is 4.79 Å². The Bertz CT molecular complexity index is 501. The zero-order valence-corrected chi connectivity index (χ0v) is 16.2. The number of phenols is 1. The largest absolute Gasteiger partial charge is 0.506 e. The Morgan fingerprint density at radius 1 is 1.10 bits per heavy atom. The van der Waals surface area contributed by atoms with Gasteiger partial charge in [0.2, 0.25) is 0 Å². The summed E-state index contributed by atoms with van der Waals surface area (Å²) in [5.41, 5.74) is 1.01. The zero-order valence-electron chi connectivity index (χ0n) is 11.4. The summed E-state index contributed by atoms with van der Waals surface area (Å²) in [6, 6.07) is 0. The van der Waals surface area contributed by atoms with Gasteiger partial charge >= 0.3 is 5.97 Å². The molecule has 112 valence electrons. The highest BCUT2D eigenvalue weighted by Crippen LogP contribution is 2.44. The van der Waals surface area contributed by atoms with Crippen molar-refractivity contribution in [1.82, 2.24) is 0 Å².